The quantitative estimate of drug-likeness (QED) is 0.471. The first kappa shape index (κ1) is 16.1. The lowest BCUT2D eigenvalue weighted by Crippen LogP contribution is -2.11. The Labute approximate surface area is 119 Å². The minimum Gasteiger partial charge on any atom is -0.437 e. The van der Waals surface area contributed by atoms with E-state index in [9.17, 15) is 14.4 Å². The van der Waals surface area contributed by atoms with Crippen molar-refractivity contribution in [1.29, 1.82) is 0 Å². The average Bonchev–Trinajstić information content (AvgIpc) is 2.46. The first-order valence-electron chi connectivity index (χ1n) is 5.41. The molecule has 9 nitrogen and oxygen atoms in total. The second kappa shape index (κ2) is 7.58. The summed E-state index contributed by atoms with van der Waals surface area (Å²) in [5.74, 6) is -0.244. The minimum absolute atomic E-state index is 0.0813. The SMILES string of the molecule is COC(=O)Oc1cc(OC(=O)OC)cc(OC(=O)OC)c1. The lowest BCUT2D eigenvalue weighted by atomic mass is 10.3. The van der Waals surface area contributed by atoms with Crippen LogP contribution in [0.1, 0.15) is 0 Å². The van der Waals surface area contributed by atoms with Gasteiger partial charge in [-0.05, 0) is 0 Å². The number of benzene rings is 1. The molecule has 0 aliphatic carbocycles. The molecule has 0 fully saturated rings. The number of methoxy groups -OCH3 is 3. The number of carbonyl (C=O) groups excluding carboxylic acids is 3. The summed E-state index contributed by atoms with van der Waals surface area (Å²) in [6.45, 7) is 0. The summed E-state index contributed by atoms with van der Waals surface area (Å²) in [4.78, 5) is 33.2. The number of carbonyl (C=O) groups is 3. The van der Waals surface area contributed by atoms with E-state index < -0.39 is 18.5 Å². The largest absolute Gasteiger partial charge is 0.513 e. The van der Waals surface area contributed by atoms with Crippen LogP contribution in [0, 0.1) is 0 Å². The van der Waals surface area contributed by atoms with Gasteiger partial charge in [0.25, 0.3) is 0 Å². The van der Waals surface area contributed by atoms with Gasteiger partial charge in [-0.25, -0.2) is 14.4 Å². The smallest absolute Gasteiger partial charge is 0.437 e. The highest BCUT2D eigenvalue weighted by molar-refractivity contribution is 5.68. The van der Waals surface area contributed by atoms with Crippen molar-refractivity contribution in [2.45, 2.75) is 0 Å². The van der Waals surface area contributed by atoms with Gasteiger partial charge in [-0.2, -0.15) is 0 Å². The van der Waals surface area contributed by atoms with Crippen molar-refractivity contribution in [3.05, 3.63) is 18.2 Å². The maximum Gasteiger partial charge on any atom is 0.513 e. The zero-order valence-corrected chi connectivity index (χ0v) is 11.4. The van der Waals surface area contributed by atoms with Crippen molar-refractivity contribution in [3.8, 4) is 17.2 Å². The Bertz CT molecular complexity index is 449. The van der Waals surface area contributed by atoms with Crippen molar-refractivity contribution >= 4 is 18.5 Å². The Kier molecular flexibility index (Phi) is 5.80. The van der Waals surface area contributed by atoms with E-state index in [1.165, 1.54) is 18.2 Å². The minimum atomic E-state index is -1.01. The molecular weight excluding hydrogens is 288 g/mol. The summed E-state index contributed by atoms with van der Waals surface area (Å²) in [7, 11) is 3.34. The van der Waals surface area contributed by atoms with Gasteiger partial charge in [-0.15, -0.1) is 0 Å². The van der Waals surface area contributed by atoms with Crippen LogP contribution in [0.3, 0.4) is 0 Å². The standard InChI is InChI=1S/C12H12O9/c1-16-10(13)19-7-4-8(20-11(14)17-2)6-9(5-7)21-12(15)18-3/h4-6H,1-3H3. The lowest BCUT2D eigenvalue weighted by Gasteiger charge is -2.09. The molecular formula is C12H12O9. The first-order chi connectivity index (χ1) is 9.98. The summed E-state index contributed by atoms with van der Waals surface area (Å²) in [5.41, 5.74) is 0. The summed E-state index contributed by atoms with van der Waals surface area (Å²) in [6.07, 6.45) is -3.02. The highest BCUT2D eigenvalue weighted by Crippen LogP contribution is 2.28. The van der Waals surface area contributed by atoms with Gasteiger partial charge < -0.3 is 28.4 Å². The first-order valence-corrected chi connectivity index (χ1v) is 5.41. The van der Waals surface area contributed by atoms with Gasteiger partial charge in [-0.1, -0.05) is 0 Å². The van der Waals surface area contributed by atoms with Gasteiger partial charge in [0.1, 0.15) is 17.2 Å². The predicted octanol–water partition coefficient (Wildman–Crippen LogP) is 2.12. The molecule has 1 rings (SSSR count). The number of hydrogen-bond donors (Lipinski definition) is 0. The molecule has 0 aliphatic rings. The van der Waals surface area contributed by atoms with Gasteiger partial charge in [0.2, 0.25) is 0 Å². The third kappa shape index (κ3) is 5.27. The Balaban J connectivity index is 3.03. The van der Waals surface area contributed by atoms with Crippen LogP contribution < -0.4 is 14.2 Å². The molecule has 9 heteroatoms. The van der Waals surface area contributed by atoms with E-state index in [0.29, 0.717) is 0 Å². The molecule has 0 N–H and O–H groups in total. The van der Waals surface area contributed by atoms with E-state index in [-0.39, 0.29) is 17.2 Å². The van der Waals surface area contributed by atoms with E-state index >= 15 is 0 Å². The molecule has 0 radical (unpaired) electrons. The molecule has 0 aromatic heterocycles. The van der Waals surface area contributed by atoms with Gasteiger partial charge in [-0.3, -0.25) is 0 Å². The monoisotopic (exact) mass is 300 g/mol. The Morgan fingerprint density at radius 2 is 0.857 bits per heavy atom. The molecule has 0 amide bonds. The van der Waals surface area contributed by atoms with Crippen LogP contribution in [-0.4, -0.2) is 39.8 Å². The Morgan fingerprint density at radius 3 is 1.05 bits per heavy atom. The zero-order valence-electron chi connectivity index (χ0n) is 11.4. The molecule has 0 saturated carbocycles. The van der Waals surface area contributed by atoms with E-state index in [2.05, 4.69) is 14.2 Å². The summed E-state index contributed by atoms with van der Waals surface area (Å²) >= 11 is 0. The molecule has 0 heterocycles. The van der Waals surface area contributed by atoms with Crippen LogP contribution in [0.5, 0.6) is 17.2 Å². The molecule has 0 saturated heterocycles. The van der Waals surface area contributed by atoms with Gasteiger partial charge >= 0.3 is 18.5 Å². The van der Waals surface area contributed by atoms with Crippen LogP contribution >= 0.6 is 0 Å². The summed E-state index contributed by atoms with van der Waals surface area (Å²) < 4.78 is 27.2. The van der Waals surface area contributed by atoms with Crippen molar-refractivity contribution in [2.75, 3.05) is 21.3 Å². The summed E-state index contributed by atoms with van der Waals surface area (Å²) in [6, 6.07) is 3.58. The fourth-order valence-electron chi connectivity index (χ4n) is 1.14. The zero-order chi connectivity index (χ0) is 15.8. The third-order valence-corrected chi connectivity index (χ3v) is 1.96. The van der Waals surface area contributed by atoms with Crippen molar-refractivity contribution in [2.24, 2.45) is 0 Å². The Morgan fingerprint density at radius 1 is 0.619 bits per heavy atom. The lowest BCUT2D eigenvalue weighted by molar-refractivity contribution is 0.118. The molecule has 21 heavy (non-hydrogen) atoms. The fraction of sp³-hybridized carbons (Fsp3) is 0.250. The van der Waals surface area contributed by atoms with Crippen LogP contribution in [-0.2, 0) is 14.2 Å². The average molecular weight is 300 g/mol. The van der Waals surface area contributed by atoms with E-state index in [0.717, 1.165) is 21.3 Å². The van der Waals surface area contributed by atoms with Crippen molar-refractivity contribution in [3.63, 3.8) is 0 Å². The highest BCUT2D eigenvalue weighted by atomic mass is 16.7. The van der Waals surface area contributed by atoms with Crippen LogP contribution in [0.15, 0.2) is 18.2 Å². The van der Waals surface area contributed by atoms with Crippen molar-refractivity contribution < 1.29 is 42.8 Å². The van der Waals surface area contributed by atoms with Crippen LogP contribution in [0.25, 0.3) is 0 Å². The normalized spacial score (nSPS) is 9.29. The summed E-state index contributed by atoms with van der Waals surface area (Å²) in [5, 5.41) is 0. The highest BCUT2D eigenvalue weighted by Gasteiger charge is 2.13. The van der Waals surface area contributed by atoms with Gasteiger partial charge in [0.05, 0.1) is 21.3 Å². The molecule has 0 spiro atoms. The van der Waals surface area contributed by atoms with E-state index in [1.807, 2.05) is 0 Å². The topological polar surface area (TPSA) is 107 Å². The molecule has 0 aliphatic heterocycles. The molecule has 0 unspecified atom stereocenters. The molecule has 1 aromatic carbocycles. The molecule has 0 atom stereocenters. The van der Waals surface area contributed by atoms with Crippen LogP contribution in [0.4, 0.5) is 14.4 Å². The predicted molar refractivity (Wildman–Crippen MR) is 65.5 cm³/mol. The number of ether oxygens (including phenoxy) is 6. The van der Waals surface area contributed by atoms with Gasteiger partial charge in [0, 0.05) is 18.2 Å². The number of rotatable bonds is 3. The fourth-order valence-corrected chi connectivity index (χ4v) is 1.14. The Hall–Kier alpha value is -2.97. The molecule has 1 aromatic rings. The van der Waals surface area contributed by atoms with Gasteiger partial charge in [0.15, 0.2) is 0 Å². The second-order valence-electron chi connectivity index (χ2n) is 3.31. The molecule has 114 valence electrons. The second-order valence-corrected chi connectivity index (χ2v) is 3.31. The van der Waals surface area contributed by atoms with E-state index in [1.54, 1.807) is 0 Å². The molecule has 0 bridgehead atoms. The third-order valence-electron chi connectivity index (χ3n) is 1.96. The maximum atomic E-state index is 11.1. The number of hydrogen-bond acceptors (Lipinski definition) is 9. The maximum absolute atomic E-state index is 11.1. The van der Waals surface area contributed by atoms with Crippen molar-refractivity contribution in [1.82, 2.24) is 0 Å². The van der Waals surface area contributed by atoms with E-state index in [4.69, 9.17) is 14.2 Å². The van der Waals surface area contributed by atoms with Crippen LogP contribution in [0.2, 0.25) is 0 Å².